The van der Waals surface area contributed by atoms with Crippen LogP contribution in [0.1, 0.15) is 12.7 Å². The summed E-state index contributed by atoms with van der Waals surface area (Å²) >= 11 is 0. The second kappa shape index (κ2) is 6.32. The van der Waals surface area contributed by atoms with Crippen molar-refractivity contribution in [3.05, 3.63) is 30.4 Å². The van der Waals surface area contributed by atoms with Gasteiger partial charge in [-0.1, -0.05) is 5.16 Å². The lowest BCUT2D eigenvalue weighted by Crippen LogP contribution is -2.24. The summed E-state index contributed by atoms with van der Waals surface area (Å²) in [5.41, 5.74) is 0.894. The van der Waals surface area contributed by atoms with E-state index >= 15 is 0 Å². The molecule has 0 bridgehead atoms. The monoisotopic (exact) mass is 254 g/mol. The van der Waals surface area contributed by atoms with Gasteiger partial charge in [0.05, 0.1) is 0 Å². The zero-order valence-electron chi connectivity index (χ0n) is 9.75. The minimum absolute atomic E-state index is 0. The van der Waals surface area contributed by atoms with Crippen molar-refractivity contribution in [1.82, 2.24) is 20.4 Å². The molecule has 0 spiro atoms. The van der Waals surface area contributed by atoms with E-state index in [0.29, 0.717) is 17.8 Å². The van der Waals surface area contributed by atoms with Gasteiger partial charge in [0.1, 0.15) is 0 Å². The summed E-state index contributed by atoms with van der Waals surface area (Å²) < 4.78 is 5.18. The van der Waals surface area contributed by atoms with Crippen LogP contribution in [0.3, 0.4) is 0 Å². The number of hydrogen-bond donors (Lipinski definition) is 1. The third-order valence-electron chi connectivity index (χ3n) is 2.38. The molecule has 0 radical (unpaired) electrons. The molecule has 0 amide bonds. The number of halogens is 1. The smallest absolute Gasteiger partial charge is 0.258 e. The van der Waals surface area contributed by atoms with Crippen molar-refractivity contribution < 1.29 is 4.52 Å². The standard InChI is InChI=1S/C11H14N4O.ClH/c1-8(12-2)7-10-14-11(16-15-10)9-3-5-13-6-4-9;/h3-6,8,12H,7H2,1-2H3;1H. The van der Waals surface area contributed by atoms with Gasteiger partial charge >= 0.3 is 0 Å². The molecular formula is C11H15ClN4O. The first-order chi connectivity index (χ1) is 7.79. The van der Waals surface area contributed by atoms with Gasteiger partial charge in [-0.05, 0) is 26.1 Å². The third-order valence-corrected chi connectivity index (χ3v) is 2.38. The second-order valence-corrected chi connectivity index (χ2v) is 3.65. The molecule has 0 aromatic carbocycles. The normalized spacial score (nSPS) is 11.9. The van der Waals surface area contributed by atoms with Gasteiger partial charge in [0.25, 0.3) is 5.89 Å². The molecule has 1 unspecified atom stereocenters. The summed E-state index contributed by atoms with van der Waals surface area (Å²) in [6.07, 6.45) is 4.16. The molecule has 0 saturated carbocycles. The molecule has 0 aliphatic rings. The van der Waals surface area contributed by atoms with Crippen molar-refractivity contribution in [2.24, 2.45) is 0 Å². The van der Waals surface area contributed by atoms with E-state index in [9.17, 15) is 0 Å². The summed E-state index contributed by atoms with van der Waals surface area (Å²) in [7, 11) is 1.91. The topological polar surface area (TPSA) is 63.8 Å². The van der Waals surface area contributed by atoms with Crippen LogP contribution in [-0.4, -0.2) is 28.2 Å². The molecule has 1 atom stereocenters. The van der Waals surface area contributed by atoms with Gasteiger partial charge in [0.2, 0.25) is 0 Å². The van der Waals surface area contributed by atoms with Crippen molar-refractivity contribution in [1.29, 1.82) is 0 Å². The van der Waals surface area contributed by atoms with Crippen molar-refractivity contribution in [3.63, 3.8) is 0 Å². The van der Waals surface area contributed by atoms with Crippen molar-refractivity contribution in [2.45, 2.75) is 19.4 Å². The van der Waals surface area contributed by atoms with Crippen molar-refractivity contribution in [3.8, 4) is 11.5 Å². The minimum atomic E-state index is 0. The SMILES string of the molecule is CNC(C)Cc1noc(-c2ccncc2)n1.Cl. The predicted octanol–water partition coefficient (Wildman–Crippen LogP) is 1.70. The highest BCUT2D eigenvalue weighted by molar-refractivity contribution is 5.85. The Hall–Kier alpha value is -1.46. The van der Waals surface area contributed by atoms with E-state index in [2.05, 4.69) is 27.4 Å². The molecule has 17 heavy (non-hydrogen) atoms. The third kappa shape index (κ3) is 3.51. The maximum absolute atomic E-state index is 5.18. The fraction of sp³-hybridized carbons (Fsp3) is 0.364. The molecular weight excluding hydrogens is 240 g/mol. The van der Waals surface area contributed by atoms with Gasteiger partial charge in [0.15, 0.2) is 5.82 Å². The fourth-order valence-corrected chi connectivity index (χ4v) is 1.32. The van der Waals surface area contributed by atoms with Gasteiger partial charge in [0, 0.05) is 30.4 Å². The van der Waals surface area contributed by atoms with Crippen LogP contribution in [0.4, 0.5) is 0 Å². The summed E-state index contributed by atoms with van der Waals surface area (Å²) in [5, 5.41) is 7.06. The van der Waals surface area contributed by atoms with E-state index in [-0.39, 0.29) is 12.4 Å². The van der Waals surface area contributed by atoms with Gasteiger partial charge < -0.3 is 9.84 Å². The summed E-state index contributed by atoms with van der Waals surface area (Å²) in [6, 6.07) is 4.03. The number of hydrogen-bond acceptors (Lipinski definition) is 5. The Kier molecular flexibility index (Phi) is 5.06. The van der Waals surface area contributed by atoms with E-state index in [1.165, 1.54) is 0 Å². The van der Waals surface area contributed by atoms with E-state index in [0.717, 1.165) is 12.0 Å². The van der Waals surface area contributed by atoms with Gasteiger partial charge in [-0.25, -0.2) is 0 Å². The lowest BCUT2D eigenvalue weighted by Gasteiger charge is -2.04. The van der Waals surface area contributed by atoms with Gasteiger partial charge in [-0.3, -0.25) is 4.98 Å². The fourth-order valence-electron chi connectivity index (χ4n) is 1.32. The highest BCUT2D eigenvalue weighted by atomic mass is 35.5. The summed E-state index contributed by atoms with van der Waals surface area (Å²) in [4.78, 5) is 8.26. The molecule has 0 aliphatic heterocycles. The highest BCUT2D eigenvalue weighted by Crippen LogP contribution is 2.15. The Bertz CT molecular complexity index is 446. The lowest BCUT2D eigenvalue weighted by molar-refractivity contribution is 0.418. The Labute approximate surface area is 106 Å². The van der Waals surface area contributed by atoms with Gasteiger partial charge in [-0.15, -0.1) is 12.4 Å². The Morgan fingerprint density at radius 2 is 2.06 bits per heavy atom. The molecule has 0 aliphatic carbocycles. The van der Waals surface area contributed by atoms with Crippen LogP contribution < -0.4 is 5.32 Å². The maximum atomic E-state index is 5.18. The molecule has 1 N–H and O–H groups in total. The molecule has 5 nitrogen and oxygen atoms in total. The molecule has 0 fully saturated rings. The number of nitrogens with zero attached hydrogens (tertiary/aromatic N) is 3. The molecule has 92 valence electrons. The molecule has 2 heterocycles. The van der Waals surface area contributed by atoms with Crippen LogP contribution in [0, 0.1) is 0 Å². The van der Waals surface area contributed by atoms with E-state index in [1.807, 2.05) is 19.2 Å². The quantitative estimate of drug-likeness (QED) is 0.900. The average Bonchev–Trinajstić information content (AvgIpc) is 2.78. The van der Waals surface area contributed by atoms with E-state index in [1.54, 1.807) is 12.4 Å². The lowest BCUT2D eigenvalue weighted by atomic mass is 10.2. The average molecular weight is 255 g/mol. The number of pyridine rings is 1. The number of aromatic nitrogens is 3. The Balaban J connectivity index is 0.00000144. The van der Waals surface area contributed by atoms with Crippen LogP contribution in [0.15, 0.2) is 29.0 Å². The zero-order valence-corrected chi connectivity index (χ0v) is 10.6. The number of nitrogens with one attached hydrogen (secondary N) is 1. The van der Waals surface area contributed by atoms with Crippen molar-refractivity contribution in [2.75, 3.05) is 7.05 Å². The molecule has 2 rings (SSSR count). The van der Waals surface area contributed by atoms with Gasteiger partial charge in [-0.2, -0.15) is 4.98 Å². The van der Waals surface area contributed by atoms with E-state index in [4.69, 9.17) is 4.52 Å². The van der Waals surface area contributed by atoms with E-state index < -0.39 is 0 Å². The summed E-state index contributed by atoms with van der Waals surface area (Å²) in [6.45, 7) is 2.07. The first kappa shape index (κ1) is 13.6. The van der Waals surface area contributed by atoms with Crippen LogP contribution in [-0.2, 0) is 6.42 Å². The molecule has 0 saturated heterocycles. The Morgan fingerprint density at radius 3 is 2.71 bits per heavy atom. The molecule has 6 heteroatoms. The Morgan fingerprint density at radius 1 is 1.35 bits per heavy atom. The largest absolute Gasteiger partial charge is 0.334 e. The zero-order chi connectivity index (χ0) is 11.4. The molecule has 2 aromatic rings. The predicted molar refractivity (Wildman–Crippen MR) is 67.0 cm³/mol. The minimum Gasteiger partial charge on any atom is -0.334 e. The van der Waals surface area contributed by atoms with Crippen LogP contribution >= 0.6 is 12.4 Å². The van der Waals surface area contributed by atoms with Crippen LogP contribution in [0.2, 0.25) is 0 Å². The number of likely N-dealkylation sites (N-methyl/N-ethyl adjacent to an activating group) is 1. The summed E-state index contributed by atoms with van der Waals surface area (Å²) in [5.74, 6) is 1.26. The van der Waals surface area contributed by atoms with Crippen molar-refractivity contribution >= 4 is 12.4 Å². The number of rotatable bonds is 4. The highest BCUT2D eigenvalue weighted by Gasteiger charge is 2.10. The first-order valence-corrected chi connectivity index (χ1v) is 5.20. The first-order valence-electron chi connectivity index (χ1n) is 5.20. The second-order valence-electron chi connectivity index (χ2n) is 3.65. The van der Waals surface area contributed by atoms with Crippen LogP contribution in [0.25, 0.3) is 11.5 Å². The van der Waals surface area contributed by atoms with Crippen LogP contribution in [0.5, 0.6) is 0 Å². The molecule has 2 aromatic heterocycles. The maximum Gasteiger partial charge on any atom is 0.258 e.